The van der Waals surface area contributed by atoms with Crippen LogP contribution in [0.15, 0.2) is 39.9 Å². The number of benzene rings is 1. The van der Waals surface area contributed by atoms with Crippen molar-refractivity contribution in [3.8, 4) is 0 Å². The maximum absolute atomic E-state index is 13.4. The minimum absolute atomic E-state index is 0.152. The van der Waals surface area contributed by atoms with Crippen LogP contribution in [0.4, 0.5) is 8.78 Å². The van der Waals surface area contributed by atoms with Crippen LogP contribution < -0.4 is 0 Å². The highest BCUT2D eigenvalue weighted by atomic mass is 32.2. The first-order chi connectivity index (χ1) is 11.6. The molecule has 0 spiro atoms. The molecule has 136 valence electrons. The first kappa shape index (κ1) is 19.5. The number of rotatable bonds is 6. The third kappa shape index (κ3) is 4.23. The third-order valence-electron chi connectivity index (χ3n) is 3.92. The van der Waals surface area contributed by atoms with E-state index in [-0.39, 0.29) is 10.8 Å². The van der Waals surface area contributed by atoms with Crippen LogP contribution in [0, 0.1) is 11.6 Å². The van der Waals surface area contributed by atoms with Gasteiger partial charge >= 0.3 is 0 Å². The van der Waals surface area contributed by atoms with Crippen molar-refractivity contribution in [1.82, 2.24) is 9.21 Å². The summed E-state index contributed by atoms with van der Waals surface area (Å²) in [5.41, 5.74) is 0.415. The van der Waals surface area contributed by atoms with E-state index < -0.39 is 33.6 Å². The van der Waals surface area contributed by atoms with Crippen LogP contribution in [-0.2, 0) is 14.8 Å². The fraction of sp³-hybridized carbons (Fsp3) is 0.312. The molecule has 2 aromatic rings. The zero-order valence-corrected chi connectivity index (χ0v) is 15.6. The molecule has 0 saturated carbocycles. The quantitative estimate of drug-likeness (QED) is 0.765. The highest BCUT2D eigenvalue weighted by molar-refractivity contribution is 7.91. The maximum Gasteiger partial charge on any atom is 0.252 e. The number of halogens is 2. The molecule has 0 aliphatic carbocycles. The van der Waals surface area contributed by atoms with Gasteiger partial charge in [0.25, 0.3) is 10.0 Å². The summed E-state index contributed by atoms with van der Waals surface area (Å²) in [7, 11) is -0.924. The summed E-state index contributed by atoms with van der Waals surface area (Å²) in [4.78, 5) is 13.7. The van der Waals surface area contributed by atoms with Crippen LogP contribution in [-0.4, -0.2) is 44.2 Å². The minimum atomic E-state index is -3.73. The second-order valence-electron chi connectivity index (χ2n) is 5.55. The molecule has 5 nitrogen and oxygen atoms in total. The lowest BCUT2D eigenvalue weighted by Crippen LogP contribution is -2.40. The average Bonchev–Trinajstić information content (AvgIpc) is 3.11. The van der Waals surface area contributed by atoms with E-state index in [2.05, 4.69) is 0 Å². The number of hydrogen-bond donors (Lipinski definition) is 0. The summed E-state index contributed by atoms with van der Waals surface area (Å²) in [6.07, 6.45) is 0. The second kappa shape index (κ2) is 7.59. The zero-order chi connectivity index (χ0) is 18.8. The molecule has 1 unspecified atom stereocenters. The van der Waals surface area contributed by atoms with Crippen molar-refractivity contribution in [2.75, 3.05) is 20.6 Å². The van der Waals surface area contributed by atoms with E-state index in [9.17, 15) is 22.0 Å². The summed E-state index contributed by atoms with van der Waals surface area (Å²) >= 11 is 1.07. The first-order valence-electron chi connectivity index (χ1n) is 7.35. The highest BCUT2D eigenvalue weighted by Crippen LogP contribution is 2.23. The molecule has 0 aliphatic heterocycles. The van der Waals surface area contributed by atoms with Crippen molar-refractivity contribution in [2.45, 2.75) is 17.2 Å². The number of carbonyl (C=O) groups is 1. The topological polar surface area (TPSA) is 57.7 Å². The van der Waals surface area contributed by atoms with Crippen molar-refractivity contribution in [2.24, 2.45) is 0 Å². The maximum atomic E-state index is 13.4. The standard InChI is InChI=1S/C16H18F2N2O3S2/c1-11(12-6-7-13(17)14(18)9-12)20(3)15(21)10-19(2)25(22,23)16-5-4-8-24-16/h4-9,11H,10H2,1-3H3. The lowest BCUT2D eigenvalue weighted by Gasteiger charge is -2.27. The molecule has 0 bridgehead atoms. The van der Waals surface area contributed by atoms with Gasteiger partial charge in [0.15, 0.2) is 11.6 Å². The first-order valence-corrected chi connectivity index (χ1v) is 9.67. The van der Waals surface area contributed by atoms with E-state index >= 15 is 0 Å². The van der Waals surface area contributed by atoms with Crippen molar-refractivity contribution < 1.29 is 22.0 Å². The van der Waals surface area contributed by atoms with Gasteiger partial charge in [0.2, 0.25) is 5.91 Å². The molecule has 1 heterocycles. The van der Waals surface area contributed by atoms with Gasteiger partial charge in [-0.1, -0.05) is 12.1 Å². The second-order valence-corrected chi connectivity index (χ2v) is 8.77. The predicted molar refractivity (Wildman–Crippen MR) is 91.7 cm³/mol. The van der Waals surface area contributed by atoms with Crippen molar-refractivity contribution in [1.29, 1.82) is 0 Å². The Kier molecular flexibility index (Phi) is 5.91. The van der Waals surface area contributed by atoms with Crippen LogP contribution in [0.25, 0.3) is 0 Å². The number of sulfonamides is 1. The highest BCUT2D eigenvalue weighted by Gasteiger charge is 2.26. The van der Waals surface area contributed by atoms with Crippen LogP contribution in [0.3, 0.4) is 0 Å². The molecule has 0 aliphatic rings. The molecule has 1 atom stereocenters. The molecule has 0 radical (unpaired) electrons. The van der Waals surface area contributed by atoms with E-state index in [0.717, 1.165) is 27.8 Å². The Balaban J connectivity index is 2.10. The van der Waals surface area contributed by atoms with Crippen LogP contribution in [0.2, 0.25) is 0 Å². The van der Waals surface area contributed by atoms with Gasteiger partial charge in [-0.3, -0.25) is 4.79 Å². The molecule has 25 heavy (non-hydrogen) atoms. The van der Waals surface area contributed by atoms with Gasteiger partial charge in [0.1, 0.15) is 4.21 Å². The molecular formula is C16H18F2N2O3S2. The number of thiophene rings is 1. The lowest BCUT2D eigenvalue weighted by molar-refractivity contribution is -0.131. The SMILES string of the molecule is CC(c1ccc(F)c(F)c1)N(C)C(=O)CN(C)S(=O)(=O)c1cccs1. The molecule has 1 aromatic carbocycles. The Labute approximate surface area is 149 Å². The number of carbonyl (C=O) groups excluding carboxylic acids is 1. The molecule has 0 N–H and O–H groups in total. The van der Waals surface area contributed by atoms with Gasteiger partial charge in [0.05, 0.1) is 12.6 Å². The van der Waals surface area contributed by atoms with Crippen molar-refractivity contribution in [3.63, 3.8) is 0 Å². The number of nitrogens with zero attached hydrogens (tertiary/aromatic N) is 2. The van der Waals surface area contributed by atoms with Gasteiger partial charge in [-0.15, -0.1) is 11.3 Å². The Morgan fingerprint density at radius 1 is 1.20 bits per heavy atom. The minimum Gasteiger partial charge on any atom is -0.338 e. The van der Waals surface area contributed by atoms with E-state index in [1.54, 1.807) is 18.4 Å². The van der Waals surface area contributed by atoms with Crippen LogP contribution >= 0.6 is 11.3 Å². The van der Waals surface area contributed by atoms with Gasteiger partial charge in [-0.25, -0.2) is 17.2 Å². The van der Waals surface area contributed by atoms with Crippen LogP contribution in [0.1, 0.15) is 18.5 Å². The number of likely N-dealkylation sites (N-methyl/N-ethyl adjacent to an activating group) is 2. The smallest absolute Gasteiger partial charge is 0.252 e. The summed E-state index contributed by atoms with van der Waals surface area (Å²) in [6, 6.07) is 5.95. The molecule has 9 heteroatoms. The molecular weight excluding hydrogens is 370 g/mol. The molecule has 1 amide bonds. The normalized spacial score (nSPS) is 13.0. The van der Waals surface area contributed by atoms with E-state index in [1.807, 2.05) is 0 Å². The Morgan fingerprint density at radius 2 is 1.88 bits per heavy atom. The predicted octanol–water partition coefficient (Wildman–Crippen LogP) is 2.87. The van der Waals surface area contributed by atoms with E-state index in [1.165, 1.54) is 31.1 Å². The molecule has 1 aromatic heterocycles. The monoisotopic (exact) mass is 388 g/mol. The summed E-state index contributed by atoms with van der Waals surface area (Å²) < 4.78 is 52.2. The zero-order valence-electron chi connectivity index (χ0n) is 13.9. The summed E-state index contributed by atoms with van der Waals surface area (Å²) in [5.74, 6) is -2.42. The Bertz CT molecular complexity index is 854. The van der Waals surface area contributed by atoms with E-state index in [4.69, 9.17) is 0 Å². The number of amides is 1. The van der Waals surface area contributed by atoms with Crippen LogP contribution in [0.5, 0.6) is 0 Å². The molecule has 0 fully saturated rings. The van der Waals surface area contributed by atoms with Gasteiger partial charge in [-0.2, -0.15) is 4.31 Å². The van der Waals surface area contributed by atoms with Crippen molar-refractivity contribution >= 4 is 27.3 Å². The number of hydrogen-bond acceptors (Lipinski definition) is 4. The van der Waals surface area contributed by atoms with Gasteiger partial charge in [-0.05, 0) is 36.1 Å². The third-order valence-corrected chi connectivity index (χ3v) is 7.09. The largest absolute Gasteiger partial charge is 0.338 e. The van der Waals surface area contributed by atoms with Gasteiger partial charge in [0, 0.05) is 14.1 Å². The fourth-order valence-electron chi connectivity index (χ4n) is 2.16. The Hall–Kier alpha value is -1.84. The summed E-state index contributed by atoms with van der Waals surface area (Å²) in [6.45, 7) is 1.29. The fourth-order valence-corrected chi connectivity index (χ4v) is 4.48. The Morgan fingerprint density at radius 3 is 2.44 bits per heavy atom. The average molecular weight is 388 g/mol. The molecule has 2 rings (SSSR count). The molecule has 0 saturated heterocycles. The van der Waals surface area contributed by atoms with Crippen molar-refractivity contribution in [3.05, 3.63) is 52.9 Å². The van der Waals surface area contributed by atoms with Gasteiger partial charge < -0.3 is 4.90 Å². The lowest BCUT2D eigenvalue weighted by atomic mass is 10.1. The van der Waals surface area contributed by atoms with E-state index in [0.29, 0.717) is 5.56 Å². The summed E-state index contributed by atoms with van der Waals surface area (Å²) in [5, 5.41) is 1.64.